The lowest BCUT2D eigenvalue weighted by atomic mass is 10.1. The molecular weight excluding hydrogens is 461 g/mol. The third-order valence-electron chi connectivity index (χ3n) is 4.59. The minimum atomic E-state index is -1.37. The highest BCUT2D eigenvalue weighted by Crippen LogP contribution is 2.65. The lowest BCUT2D eigenvalue weighted by Gasteiger charge is -2.11. The molecule has 2 aromatic rings. The van der Waals surface area contributed by atoms with Crippen LogP contribution < -0.4 is 10.6 Å². The molecular formula is C20H17Cl4FN2O2. The van der Waals surface area contributed by atoms with Crippen molar-refractivity contribution < 1.29 is 14.0 Å². The minimum Gasteiger partial charge on any atom is -0.324 e. The van der Waals surface area contributed by atoms with Gasteiger partial charge in [-0.15, -0.1) is 23.2 Å². The molecule has 0 saturated heterocycles. The quantitative estimate of drug-likeness (QED) is 0.473. The number of carbonyl (C=O) groups is 2. The molecule has 0 bridgehead atoms. The maximum absolute atomic E-state index is 14.7. The zero-order chi connectivity index (χ0) is 21.3. The van der Waals surface area contributed by atoms with Crippen molar-refractivity contribution in [3.05, 3.63) is 57.8 Å². The van der Waals surface area contributed by atoms with Gasteiger partial charge >= 0.3 is 0 Å². The summed E-state index contributed by atoms with van der Waals surface area (Å²) in [5.74, 6) is -2.97. The molecule has 0 aromatic heterocycles. The first-order chi connectivity index (χ1) is 13.6. The van der Waals surface area contributed by atoms with Crippen molar-refractivity contribution in [2.45, 2.75) is 30.0 Å². The molecule has 1 aliphatic carbocycles. The molecule has 9 heteroatoms. The Morgan fingerprint density at radius 2 is 1.66 bits per heavy atom. The fourth-order valence-electron chi connectivity index (χ4n) is 3.20. The second-order valence-corrected chi connectivity index (χ2v) is 9.10. The Hall–Kier alpha value is -1.53. The Morgan fingerprint density at radius 3 is 2.24 bits per heavy atom. The van der Waals surface area contributed by atoms with Gasteiger partial charge < -0.3 is 10.6 Å². The van der Waals surface area contributed by atoms with Crippen LogP contribution in [0.3, 0.4) is 0 Å². The first-order valence-electron chi connectivity index (χ1n) is 8.88. The zero-order valence-corrected chi connectivity index (χ0v) is 18.3. The molecule has 154 valence electrons. The summed E-state index contributed by atoms with van der Waals surface area (Å²) < 4.78 is 13.3. The number of anilines is 2. The Kier molecular flexibility index (Phi) is 6.64. The summed E-state index contributed by atoms with van der Waals surface area (Å²) in [5.41, 5.74) is 0.523. The first-order valence-corrected chi connectivity index (χ1v) is 10.4. The van der Waals surface area contributed by atoms with E-state index in [1.54, 1.807) is 18.2 Å². The van der Waals surface area contributed by atoms with Crippen LogP contribution in [0.1, 0.15) is 31.2 Å². The van der Waals surface area contributed by atoms with Gasteiger partial charge in [-0.05, 0) is 42.3 Å². The molecule has 3 rings (SSSR count). The summed E-state index contributed by atoms with van der Waals surface area (Å²) in [7, 11) is 0. The van der Waals surface area contributed by atoms with Gasteiger partial charge in [0, 0.05) is 22.4 Å². The zero-order valence-electron chi connectivity index (χ0n) is 15.2. The fraction of sp³-hybridized carbons (Fsp3) is 0.300. The van der Waals surface area contributed by atoms with Crippen molar-refractivity contribution >= 4 is 69.6 Å². The molecule has 0 radical (unpaired) electrons. The monoisotopic (exact) mass is 476 g/mol. The first kappa shape index (κ1) is 22.2. The third-order valence-corrected chi connectivity index (χ3v) is 5.96. The number of carbonyl (C=O) groups excluding carboxylic acids is 2. The highest BCUT2D eigenvalue weighted by atomic mass is 35.5. The third kappa shape index (κ3) is 4.80. The van der Waals surface area contributed by atoms with E-state index < -0.39 is 27.9 Å². The highest BCUT2D eigenvalue weighted by molar-refractivity contribution is 6.53. The van der Waals surface area contributed by atoms with E-state index in [2.05, 4.69) is 10.6 Å². The van der Waals surface area contributed by atoms with E-state index in [0.717, 1.165) is 0 Å². The Morgan fingerprint density at radius 1 is 1.07 bits per heavy atom. The molecule has 29 heavy (non-hydrogen) atoms. The summed E-state index contributed by atoms with van der Waals surface area (Å²) in [5, 5.41) is 5.77. The van der Waals surface area contributed by atoms with Crippen molar-refractivity contribution in [2.24, 2.45) is 5.92 Å². The molecule has 2 amide bonds. The Bertz CT molecular complexity index is 947. The second-order valence-electron chi connectivity index (χ2n) is 6.79. The van der Waals surface area contributed by atoms with E-state index in [1.165, 1.54) is 18.2 Å². The Balaban J connectivity index is 1.77. The van der Waals surface area contributed by atoms with E-state index in [4.69, 9.17) is 46.4 Å². The summed E-state index contributed by atoms with van der Waals surface area (Å²) in [6.07, 6.45) is 0.900. The van der Waals surface area contributed by atoms with Crippen molar-refractivity contribution in [3.8, 4) is 0 Å². The van der Waals surface area contributed by atoms with Gasteiger partial charge in [0.2, 0.25) is 11.8 Å². The van der Waals surface area contributed by atoms with Gasteiger partial charge in [-0.3, -0.25) is 9.59 Å². The number of amides is 2. The van der Waals surface area contributed by atoms with Crippen LogP contribution in [-0.2, 0) is 9.59 Å². The molecule has 0 unspecified atom stereocenters. The summed E-state index contributed by atoms with van der Waals surface area (Å²) in [6.45, 7) is 1.84. The van der Waals surface area contributed by atoms with E-state index in [1.807, 2.05) is 6.92 Å². The number of alkyl halides is 2. The number of benzene rings is 2. The predicted molar refractivity (Wildman–Crippen MR) is 116 cm³/mol. The van der Waals surface area contributed by atoms with Crippen LogP contribution in [0.15, 0.2) is 36.4 Å². The van der Waals surface area contributed by atoms with Crippen molar-refractivity contribution in [2.75, 3.05) is 10.6 Å². The lowest BCUT2D eigenvalue weighted by molar-refractivity contribution is -0.117. The van der Waals surface area contributed by atoms with Crippen molar-refractivity contribution in [3.63, 3.8) is 0 Å². The van der Waals surface area contributed by atoms with Crippen LogP contribution in [0.25, 0.3) is 0 Å². The predicted octanol–water partition coefficient (Wildman–Crippen LogP) is 6.40. The highest BCUT2D eigenvalue weighted by Gasteiger charge is 2.67. The van der Waals surface area contributed by atoms with Gasteiger partial charge in [0.25, 0.3) is 0 Å². The van der Waals surface area contributed by atoms with E-state index >= 15 is 0 Å². The fourth-order valence-corrected chi connectivity index (χ4v) is 4.57. The maximum Gasteiger partial charge on any atom is 0.231 e. The molecule has 0 spiro atoms. The molecule has 0 heterocycles. The SMILES string of the molecule is CCCC(=O)Nc1cccc(NC(=O)[C@H]2[C@H](c3cc(Cl)cc(Cl)c3)C2(Cl)Cl)c1F. The van der Waals surface area contributed by atoms with Crippen LogP contribution in [0.2, 0.25) is 10.0 Å². The van der Waals surface area contributed by atoms with Gasteiger partial charge in [0.1, 0.15) is 4.33 Å². The maximum atomic E-state index is 14.7. The average molecular weight is 478 g/mol. The summed E-state index contributed by atoms with van der Waals surface area (Å²) in [4.78, 5) is 24.5. The van der Waals surface area contributed by atoms with Gasteiger partial charge in [-0.2, -0.15) is 0 Å². The molecule has 2 atom stereocenters. The number of rotatable bonds is 6. The molecule has 1 saturated carbocycles. The van der Waals surface area contributed by atoms with Gasteiger partial charge in [-0.25, -0.2) is 4.39 Å². The van der Waals surface area contributed by atoms with Gasteiger partial charge in [0.05, 0.1) is 17.3 Å². The molecule has 2 aromatic carbocycles. The van der Waals surface area contributed by atoms with Crippen LogP contribution in [0, 0.1) is 11.7 Å². The van der Waals surface area contributed by atoms with E-state index in [-0.39, 0.29) is 23.7 Å². The number of hydrogen-bond donors (Lipinski definition) is 2. The largest absolute Gasteiger partial charge is 0.324 e. The molecule has 2 N–H and O–H groups in total. The standard InChI is InChI=1S/C20H17Cl4FN2O2/c1-2-4-15(28)26-13-5-3-6-14(18(13)25)27-19(29)17-16(20(17,23)24)10-7-11(21)9-12(22)8-10/h3,5-9,16-17H,2,4H2,1H3,(H,26,28)(H,27,29)/t16-,17+/m0/s1. The second kappa shape index (κ2) is 8.68. The van der Waals surface area contributed by atoms with E-state index in [9.17, 15) is 14.0 Å². The average Bonchev–Trinajstić information content (AvgIpc) is 3.20. The van der Waals surface area contributed by atoms with Crippen LogP contribution in [0.5, 0.6) is 0 Å². The van der Waals surface area contributed by atoms with E-state index in [0.29, 0.717) is 22.0 Å². The smallest absolute Gasteiger partial charge is 0.231 e. The molecule has 4 nitrogen and oxygen atoms in total. The van der Waals surface area contributed by atoms with Crippen LogP contribution >= 0.6 is 46.4 Å². The number of nitrogens with one attached hydrogen (secondary N) is 2. The topological polar surface area (TPSA) is 58.2 Å². The normalized spacial score (nSPS) is 19.5. The Labute approximate surface area is 187 Å². The van der Waals surface area contributed by atoms with Crippen molar-refractivity contribution in [1.29, 1.82) is 0 Å². The number of hydrogen-bond acceptors (Lipinski definition) is 2. The lowest BCUT2D eigenvalue weighted by Crippen LogP contribution is -2.19. The molecule has 1 aliphatic rings. The summed E-state index contributed by atoms with van der Waals surface area (Å²) >= 11 is 24.7. The summed E-state index contributed by atoms with van der Waals surface area (Å²) in [6, 6.07) is 9.16. The van der Waals surface area contributed by atoms with Crippen LogP contribution in [-0.4, -0.2) is 16.1 Å². The van der Waals surface area contributed by atoms with Crippen molar-refractivity contribution in [1.82, 2.24) is 0 Å². The molecule has 1 fully saturated rings. The van der Waals surface area contributed by atoms with Crippen LogP contribution in [0.4, 0.5) is 15.8 Å². The molecule has 0 aliphatic heterocycles. The van der Waals surface area contributed by atoms with Gasteiger partial charge in [-0.1, -0.05) is 36.2 Å². The van der Waals surface area contributed by atoms with Gasteiger partial charge in [0.15, 0.2) is 5.82 Å². The minimum absolute atomic E-state index is 0.0155. The number of halogens is 5.